The Bertz CT molecular complexity index is 856. The molecule has 1 amide bonds. The van der Waals surface area contributed by atoms with Gasteiger partial charge in [-0.05, 0) is 67.5 Å². The molecular weight excluding hydrogens is 384 g/mol. The molecule has 2 heterocycles. The van der Waals surface area contributed by atoms with Gasteiger partial charge < -0.3 is 15.0 Å². The zero-order valence-corrected chi connectivity index (χ0v) is 19.0. The molecule has 1 N–H and O–H groups in total. The second-order valence-electron chi connectivity index (χ2n) is 9.28. The predicted octanol–water partition coefficient (Wildman–Crippen LogP) is 4.92. The molecule has 2 aliphatic rings. The van der Waals surface area contributed by atoms with E-state index in [1.165, 1.54) is 36.0 Å². The largest absolute Gasteiger partial charge is 0.494 e. The van der Waals surface area contributed by atoms with Crippen LogP contribution in [0, 0.1) is 5.92 Å². The van der Waals surface area contributed by atoms with Crippen LogP contribution in [0.2, 0.25) is 0 Å². The van der Waals surface area contributed by atoms with Gasteiger partial charge in [0.05, 0.1) is 12.6 Å². The number of hydrogen-bond donors (Lipinski definition) is 1. The van der Waals surface area contributed by atoms with Crippen molar-refractivity contribution in [2.45, 2.75) is 64.5 Å². The Morgan fingerprint density at radius 2 is 1.94 bits per heavy atom. The van der Waals surface area contributed by atoms with Crippen LogP contribution in [0.15, 0.2) is 48.5 Å². The standard InChI is InChI=1S/C27H36N2O2/c1-20(2)27(30)29-17-14-22-7-3-4-9-25(22)26(29)19-21-10-12-24(13-11-21)31-18-15-23-8-5-6-16-28-23/h3-4,7,9-13,20,23,26,28H,5-6,8,14-19H2,1-2H3. The Kier molecular flexibility index (Phi) is 7.29. The fraction of sp³-hybridized carbons (Fsp3) is 0.519. The van der Waals surface area contributed by atoms with Gasteiger partial charge in [0.2, 0.25) is 5.91 Å². The van der Waals surface area contributed by atoms with E-state index in [4.69, 9.17) is 4.74 Å². The molecule has 0 aliphatic carbocycles. The van der Waals surface area contributed by atoms with E-state index in [-0.39, 0.29) is 17.9 Å². The SMILES string of the molecule is CC(C)C(=O)N1CCc2ccccc2C1Cc1ccc(OCCC2CCCCN2)cc1. The second kappa shape index (κ2) is 10.3. The van der Waals surface area contributed by atoms with E-state index in [0.717, 1.165) is 44.7 Å². The molecule has 2 aromatic carbocycles. The third kappa shape index (κ3) is 5.48. The van der Waals surface area contributed by atoms with E-state index >= 15 is 0 Å². The van der Waals surface area contributed by atoms with Crippen LogP contribution in [0.1, 0.15) is 62.3 Å². The highest BCUT2D eigenvalue weighted by Gasteiger charge is 2.31. The lowest BCUT2D eigenvalue weighted by Crippen LogP contribution is -2.42. The molecule has 0 radical (unpaired) electrons. The second-order valence-corrected chi connectivity index (χ2v) is 9.28. The summed E-state index contributed by atoms with van der Waals surface area (Å²) in [7, 11) is 0. The average Bonchev–Trinajstić information content (AvgIpc) is 2.80. The van der Waals surface area contributed by atoms with Crippen LogP contribution < -0.4 is 10.1 Å². The lowest BCUT2D eigenvalue weighted by molar-refractivity contribution is -0.137. The summed E-state index contributed by atoms with van der Waals surface area (Å²) in [4.78, 5) is 15.0. The Hall–Kier alpha value is -2.33. The molecule has 1 fully saturated rings. The summed E-state index contributed by atoms with van der Waals surface area (Å²) in [5.74, 6) is 1.19. The van der Waals surface area contributed by atoms with Crippen molar-refractivity contribution in [1.82, 2.24) is 10.2 Å². The lowest BCUT2D eigenvalue weighted by Gasteiger charge is -2.38. The summed E-state index contributed by atoms with van der Waals surface area (Å²) in [6, 6.07) is 17.8. The topological polar surface area (TPSA) is 41.6 Å². The van der Waals surface area contributed by atoms with Gasteiger partial charge in [0.1, 0.15) is 5.75 Å². The first-order chi connectivity index (χ1) is 15.1. The highest BCUT2D eigenvalue weighted by molar-refractivity contribution is 5.79. The third-order valence-electron chi connectivity index (χ3n) is 6.69. The van der Waals surface area contributed by atoms with Crippen molar-refractivity contribution in [2.24, 2.45) is 5.92 Å². The fourth-order valence-corrected chi connectivity index (χ4v) is 4.90. The molecule has 4 heteroatoms. The van der Waals surface area contributed by atoms with Crippen molar-refractivity contribution in [1.29, 1.82) is 0 Å². The molecular formula is C27H36N2O2. The molecule has 31 heavy (non-hydrogen) atoms. The van der Waals surface area contributed by atoms with Crippen LogP contribution in [0.3, 0.4) is 0 Å². The van der Waals surface area contributed by atoms with Crippen LogP contribution in [-0.2, 0) is 17.6 Å². The molecule has 0 bridgehead atoms. The van der Waals surface area contributed by atoms with Gasteiger partial charge in [-0.1, -0.05) is 56.7 Å². The monoisotopic (exact) mass is 420 g/mol. The number of ether oxygens (including phenoxy) is 1. The van der Waals surface area contributed by atoms with Crippen LogP contribution in [0.25, 0.3) is 0 Å². The molecule has 2 atom stereocenters. The molecule has 4 nitrogen and oxygen atoms in total. The van der Waals surface area contributed by atoms with Crippen LogP contribution in [-0.4, -0.2) is 36.5 Å². The Labute approximate surface area is 187 Å². The Morgan fingerprint density at radius 1 is 1.13 bits per heavy atom. The minimum atomic E-state index is 0.0159. The maximum Gasteiger partial charge on any atom is 0.225 e. The van der Waals surface area contributed by atoms with Gasteiger partial charge in [-0.2, -0.15) is 0 Å². The summed E-state index contributed by atoms with van der Waals surface area (Å²) in [6.45, 7) is 6.68. The Balaban J connectivity index is 1.40. The number of benzene rings is 2. The smallest absolute Gasteiger partial charge is 0.225 e. The maximum absolute atomic E-state index is 12.9. The fourth-order valence-electron chi connectivity index (χ4n) is 4.90. The number of carbonyl (C=O) groups is 1. The van der Waals surface area contributed by atoms with E-state index < -0.39 is 0 Å². The van der Waals surface area contributed by atoms with Gasteiger partial charge in [0, 0.05) is 18.5 Å². The number of rotatable bonds is 7. The third-order valence-corrected chi connectivity index (χ3v) is 6.69. The van der Waals surface area contributed by atoms with Gasteiger partial charge in [-0.15, -0.1) is 0 Å². The quantitative estimate of drug-likeness (QED) is 0.691. The molecule has 4 rings (SSSR count). The first kappa shape index (κ1) is 21.9. The normalized spacial score (nSPS) is 21.1. The average molecular weight is 421 g/mol. The van der Waals surface area contributed by atoms with Crippen LogP contribution in [0.5, 0.6) is 5.75 Å². The number of nitrogens with zero attached hydrogens (tertiary/aromatic N) is 1. The van der Waals surface area contributed by atoms with Gasteiger partial charge >= 0.3 is 0 Å². The molecule has 166 valence electrons. The van der Waals surface area contributed by atoms with Gasteiger partial charge in [-0.3, -0.25) is 4.79 Å². The van der Waals surface area contributed by atoms with E-state index in [1.807, 2.05) is 13.8 Å². The van der Waals surface area contributed by atoms with E-state index in [2.05, 4.69) is 58.7 Å². The van der Waals surface area contributed by atoms with Crippen molar-refractivity contribution in [3.05, 3.63) is 65.2 Å². The summed E-state index contributed by atoms with van der Waals surface area (Å²) in [5, 5.41) is 3.58. The Morgan fingerprint density at radius 3 is 2.68 bits per heavy atom. The molecule has 0 saturated carbocycles. The van der Waals surface area contributed by atoms with E-state index in [0.29, 0.717) is 6.04 Å². The molecule has 2 aromatic rings. The minimum absolute atomic E-state index is 0.0159. The number of fused-ring (bicyclic) bond motifs is 1. The predicted molar refractivity (Wildman–Crippen MR) is 125 cm³/mol. The highest BCUT2D eigenvalue weighted by Crippen LogP contribution is 2.33. The van der Waals surface area contributed by atoms with Crippen LogP contribution >= 0.6 is 0 Å². The van der Waals surface area contributed by atoms with Crippen molar-refractivity contribution in [3.63, 3.8) is 0 Å². The van der Waals surface area contributed by atoms with Crippen molar-refractivity contribution < 1.29 is 9.53 Å². The molecule has 0 spiro atoms. The van der Waals surface area contributed by atoms with Crippen molar-refractivity contribution >= 4 is 5.91 Å². The lowest BCUT2D eigenvalue weighted by atomic mass is 9.88. The van der Waals surface area contributed by atoms with E-state index in [9.17, 15) is 4.79 Å². The number of amides is 1. The minimum Gasteiger partial charge on any atom is -0.494 e. The first-order valence-electron chi connectivity index (χ1n) is 11.9. The number of carbonyl (C=O) groups excluding carboxylic acids is 1. The molecule has 2 unspecified atom stereocenters. The maximum atomic E-state index is 12.9. The van der Waals surface area contributed by atoms with Gasteiger partial charge in [0.15, 0.2) is 0 Å². The summed E-state index contributed by atoms with van der Waals surface area (Å²) in [6.07, 6.45) is 6.72. The molecule has 2 aliphatic heterocycles. The summed E-state index contributed by atoms with van der Waals surface area (Å²) >= 11 is 0. The molecule has 1 saturated heterocycles. The van der Waals surface area contributed by atoms with Crippen molar-refractivity contribution in [2.75, 3.05) is 19.7 Å². The number of hydrogen-bond acceptors (Lipinski definition) is 3. The number of nitrogens with one attached hydrogen (secondary N) is 1. The molecule has 0 aromatic heterocycles. The zero-order valence-electron chi connectivity index (χ0n) is 19.0. The number of piperidine rings is 1. The van der Waals surface area contributed by atoms with Gasteiger partial charge in [-0.25, -0.2) is 0 Å². The first-order valence-corrected chi connectivity index (χ1v) is 11.9. The van der Waals surface area contributed by atoms with E-state index in [1.54, 1.807) is 0 Å². The van der Waals surface area contributed by atoms with Gasteiger partial charge in [0.25, 0.3) is 0 Å². The highest BCUT2D eigenvalue weighted by atomic mass is 16.5. The zero-order chi connectivity index (χ0) is 21.6. The van der Waals surface area contributed by atoms with Crippen LogP contribution in [0.4, 0.5) is 0 Å². The van der Waals surface area contributed by atoms with Crippen molar-refractivity contribution in [3.8, 4) is 5.75 Å². The summed E-state index contributed by atoms with van der Waals surface area (Å²) in [5.41, 5.74) is 3.91. The summed E-state index contributed by atoms with van der Waals surface area (Å²) < 4.78 is 6.00.